The number of aliphatic hydroxyl groups is 1. The lowest BCUT2D eigenvalue weighted by Gasteiger charge is -2.19. The summed E-state index contributed by atoms with van der Waals surface area (Å²) in [4.78, 5) is 12.4. The van der Waals surface area contributed by atoms with Crippen molar-refractivity contribution in [2.24, 2.45) is 0 Å². The quantitative estimate of drug-likeness (QED) is 0.805. The lowest BCUT2D eigenvalue weighted by atomic mass is 10.1. The largest absolute Gasteiger partial charge is 0.506 e. The van der Waals surface area contributed by atoms with Gasteiger partial charge in [-0.3, -0.25) is 4.79 Å². The second kappa shape index (κ2) is 4.16. The molecular formula is C11H10F3NO3. The molecule has 0 saturated carbocycles. The maximum atomic E-state index is 12.5. The Morgan fingerprint density at radius 3 is 2.50 bits per heavy atom. The van der Waals surface area contributed by atoms with Crippen LogP contribution in [0.2, 0.25) is 0 Å². The van der Waals surface area contributed by atoms with Crippen molar-refractivity contribution in [3.8, 4) is 5.75 Å². The van der Waals surface area contributed by atoms with Gasteiger partial charge in [-0.05, 0) is 18.2 Å². The highest BCUT2D eigenvalue weighted by molar-refractivity contribution is 5.97. The van der Waals surface area contributed by atoms with E-state index in [9.17, 15) is 28.2 Å². The number of carbonyl (C=O) groups is 1. The van der Waals surface area contributed by atoms with Gasteiger partial charge in [-0.15, -0.1) is 0 Å². The summed E-state index contributed by atoms with van der Waals surface area (Å²) in [6.45, 7) is -0.117. The monoisotopic (exact) mass is 261 g/mol. The summed E-state index contributed by atoms with van der Waals surface area (Å²) in [6, 6.07) is 2.32. The number of halogens is 3. The van der Waals surface area contributed by atoms with Gasteiger partial charge in [0.05, 0.1) is 30.3 Å². The molecule has 98 valence electrons. The van der Waals surface area contributed by atoms with Gasteiger partial charge < -0.3 is 15.1 Å². The van der Waals surface area contributed by atoms with E-state index in [2.05, 4.69) is 0 Å². The van der Waals surface area contributed by atoms with Crippen molar-refractivity contribution in [1.29, 1.82) is 0 Å². The van der Waals surface area contributed by atoms with Gasteiger partial charge in [0.2, 0.25) is 5.91 Å². The molecule has 1 unspecified atom stereocenters. The zero-order chi connectivity index (χ0) is 13.5. The fourth-order valence-electron chi connectivity index (χ4n) is 1.84. The second-order valence-electron chi connectivity index (χ2n) is 4.06. The molecule has 0 radical (unpaired) electrons. The number of phenols is 1. The number of nitrogens with zero attached hydrogens (tertiary/aromatic N) is 1. The molecule has 1 saturated heterocycles. The van der Waals surface area contributed by atoms with Gasteiger partial charge in [-0.25, -0.2) is 0 Å². The van der Waals surface area contributed by atoms with Crippen molar-refractivity contribution in [3.63, 3.8) is 0 Å². The van der Waals surface area contributed by atoms with Gasteiger partial charge in [-0.1, -0.05) is 0 Å². The molecule has 1 aliphatic rings. The zero-order valence-electron chi connectivity index (χ0n) is 9.11. The molecule has 18 heavy (non-hydrogen) atoms. The SMILES string of the molecule is O=C1CC(O)CN1c1cc(C(F)(F)F)ccc1O. The number of aliphatic hydroxyl groups excluding tert-OH is 1. The van der Waals surface area contributed by atoms with E-state index in [1.807, 2.05) is 0 Å². The van der Waals surface area contributed by atoms with Gasteiger partial charge in [0.1, 0.15) is 5.75 Å². The maximum Gasteiger partial charge on any atom is 0.416 e. The third-order valence-electron chi connectivity index (χ3n) is 2.70. The van der Waals surface area contributed by atoms with E-state index in [-0.39, 0.29) is 18.7 Å². The van der Waals surface area contributed by atoms with Gasteiger partial charge >= 0.3 is 6.18 Å². The summed E-state index contributed by atoms with van der Waals surface area (Å²) in [6.07, 6.45) is -5.63. The standard InChI is InChI=1S/C11H10F3NO3/c12-11(13,14)6-1-2-9(17)8(3-6)15-5-7(16)4-10(15)18/h1-3,7,16-17H,4-5H2. The molecule has 4 nitrogen and oxygen atoms in total. The van der Waals surface area contributed by atoms with Gasteiger partial charge in [0.25, 0.3) is 0 Å². The zero-order valence-corrected chi connectivity index (χ0v) is 9.11. The van der Waals surface area contributed by atoms with E-state index in [0.29, 0.717) is 6.07 Å². The highest BCUT2D eigenvalue weighted by Gasteiger charge is 2.35. The van der Waals surface area contributed by atoms with E-state index < -0.39 is 29.5 Å². The molecule has 0 spiro atoms. The first kappa shape index (κ1) is 12.7. The molecule has 1 aromatic carbocycles. The third-order valence-corrected chi connectivity index (χ3v) is 2.70. The Morgan fingerprint density at radius 1 is 1.33 bits per heavy atom. The Balaban J connectivity index is 2.41. The molecule has 1 amide bonds. The van der Waals surface area contributed by atoms with Crippen LogP contribution in [0.25, 0.3) is 0 Å². The highest BCUT2D eigenvalue weighted by Crippen LogP contribution is 2.37. The molecule has 1 heterocycles. The Kier molecular flexibility index (Phi) is 2.94. The normalized spacial score (nSPS) is 20.6. The van der Waals surface area contributed by atoms with E-state index in [1.165, 1.54) is 0 Å². The summed E-state index contributed by atoms with van der Waals surface area (Å²) < 4.78 is 37.6. The first-order chi connectivity index (χ1) is 8.29. The summed E-state index contributed by atoms with van der Waals surface area (Å²) in [5.41, 5.74) is -1.18. The van der Waals surface area contributed by atoms with Crippen LogP contribution in [0.4, 0.5) is 18.9 Å². The number of carbonyl (C=O) groups excluding carboxylic acids is 1. The lowest BCUT2D eigenvalue weighted by Crippen LogP contribution is -2.25. The van der Waals surface area contributed by atoms with Crippen LogP contribution in [0.15, 0.2) is 18.2 Å². The Labute approximate surface area is 100 Å². The van der Waals surface area contributed by atoms with Crippen molar-refractivity contribution in [3.05, 3.63) is 23.8 Å². The van der Waals surface area contributed by atoms with Crippen molar-refractivity contribution in [2.75, 3.05) is 11.4 Å². The summed E-state index contributed by atoms with van der Waals surface area (Å²) >= 11 is 0. The molecule has 1 aromatic rings. The molecular weight excluding hydrogens is 251 g/mol. The average molecular weight is 261 g/mol. The predicted molar refractivity (Wildman–Crippen MR) is 56.1 cm³/mol. The number of β-amino-alcohol motifs (C(OH)–C–C–N with tert-alkyl or cyclic N) is 1. The third kappa shape index (κ3) is 2.26. The summed E-state index contributed by atoms with van der Waals surface area (Å²) in [5, 5.41) is 18.8. The van der Waals surface area contributed by atoms with Crippen LogP contribution in [-0.2, 0) is 11.0 Å². The van der Waals surface area contributed by atoms with Gasteiger partial charge in [0.15, 0.2) is 0 Å². The molecule has 7 heteroatoms. The number of hydrogen-bond donors (Lipinski definition) is 2. The number of hydrogen-bond acceptors (Lipinski definition) is 3. The smallest absolute Gasteiger partial charge is 0.416 e. The van der Waals surface area contributed by atoms with Crippen molar-refractivity contribution in [1.82, 2.24) is 0 Å². The molecule has 1 aliphatic heterocycles. The minimum absolute atomic E-state index is 0.117. The Bertz CT molecular complexity index is 487. The number of benzene rings is 1. The van der Waals surface area contributed by atoms with Crippen LogP contribution in [0.5, 0.6) is 5.75 Å². The Hall–Kier alpha value is -1.76. The summed E-state index contributed by atoms with van der Waals surface area (Å²) in [5.74, 6) is -0.942. The maximum absolute atomic E-state index is 12.5. The molecule has 2 rings (SSSR count). The van der Waals surface area contributed by atoms with Gasteiger partial charge in [-0.2, -0.15) is 13.2 Å². The van der Waals surface area contributed by atoms with Crippen LogP contribution in [-0.4, -0.2) is 28.8 Å². The predicted octanol–water partition coefficient (Wildman–Crippen LogP) is 1.51. The lowest BCUT2D eigenvalue weighted by molar-refractivity contribution is -0.137. The van der Waals surface area contributed by atoms with E-state index in [1.54, 1.807) is 0 Å². The molecule has 1 fully saturated rings. The number of rotatable bonds is 1. The Morgan fingerprint density at radius 2 is 2.00 bits per heavy atom. The van der Waals surface area contributed by atoms with Gasteiger partial charge in [0, 0.05) is 0 Å². The van der Waals surface area contributed by atoms with E-state index in [4.69, 9.17) is 0 Å². The van der Waals surface area contributed by atoms with E-state index >= 15 is 0 Å². The first-order valence-corrected chi connectivity index (χ1v) is 5.17. The van der Waals surface area contributed by atoms with Crippen LogP contribution in [0, 0.1) is 0 Å². The minimum Gasteiger partial charge on any atom is -0.506 e. The first-order valence-electron chi connectivity index (χ1n) is 5.17. The fraction of sp³-hybridized carbons (Fsp3) is 0.364. The molecule has 0 aliphatic carbocycles. The van der Waals surface area contributed by atoms with Crippen molar-refractivity contribution in [2.45, 2.75) is 18.7 Å². The molecule has 0 bridgehead atoms. The van der Waals surface area contributed by atoms with Crippen molar-refractivity contribution < 1.29 is 28.2 Å². The number of alkyl halides is 3. The van der Waals surface area contributed by atoms with Crippen LogP contribution in [0.1, 0.15) is 12.0 Å². The molecule has 1 atom stereocenters. The molecule has 2 N–H and O–H groups in total. The van der Waals surface area contributed by atoms with E-state index in [0.717, 1.165) is 17.0 Å². The molecule has 0 aromatic heterocycles. The summed E-state index contributed by atoms with van der Waals surface area (Å²) in [7, 11) is 0. The fourth-order valence-corrected chi connectivity index (χ4v) is 1.84. The van der Waals surface area contributed by atoms with Crippen LogP contribution < -0.4 is 4.90 Å². The highest BCUT2D eigenvalue weighted by atomic mass is 19.4. The number of amides is 1. The minimum atomic E-state index is -4.55. The van der Waals surface area contributed by atoms with Crippen LogP contribution >= 0.6 is 0 Å². The number of aromatic hydroxyl groups is 1. The second-order valence-corrected chi connectivity index (χ2v) is 4.06. The van der Waals surface area contributed by atoms with Crippen LogP contribution in [0.3, 0.4) is 0 Å². The van der Waals surface area contributed by atoms with Crippen molar-refractivity contribution >= 4 is 11.6 Å². The number of anilines is 1. The topological polar surface area (TPSA) is 60.8 Å². The average Bonchev–Trinajstić information content (AvgIpc) is 2.56. The number of phenolic OH excluding ortho intramolecular Hbond substituents is 1.